The number of aromatic nitrogens is 1. The second-order valence-electron chi connectivity index (χ2n) is 7.24. The first kappa shape index (κ1) is 18.5. The van der Waals surface area contributed by atoms with Crippen molar-refractivity contribution in [2.45, 2.75) is 33.1 Å². The molecule has 0 N–H and O–H groups in total. The summed E-state index contributed by atoms with van der Waals surface area (Å²) >= 11 is 0. The first-order valence-electron chi connectivity index (χ1n) is 9.84. The number of halogens is 1. The van der Waals surface area contributed by atoms with E-state index in [9.17, 15) is 4.39 Å². The normalized spacial score (nSPS) is 11.4. The van der Waals surface area contributed by atoms with Gasteiger partial charge in [0.25, 0.3) is 0 Å². The predicted molar refractivity (Wildman–Crippen MR) is 110 cm³/mol. The van der Waals surface area contributed by atoms with E-state index in [0.717, 1.165) is 52.4 Å². The van der Waals surface area contributed by atoms with Gasteiger partial charge in [-0.15, -0.1) is 0 Å². The average molecular weight is 378 g/mol. The Morgan fingerprint density at radius 3 is 2.57 bits per heavy atom. The number of benzene rings is 2. The van der Waals surface area contributed by atoms with Gasteiger partial charge in [-0.25, -0.2) is 8.96 Å². The van der Waals surface area contributed by atoms with E-state index in [2.05, 4.69) is 30.5 Å². The summed E-state index contributed by atoms with van der Waals surface area (Å²) < 4.78 is 28.7. The van der Waals surface area contributed by atoms with E-state index in [1.807, 2.05) is 31.4 Å². The molecule has 0 amide bonds. The number of aryl methyl sites for hydroxylation is 2. The van der Waals surface area contributed by atoms with Gasteiger partial charge in [-0.2, -0.15) is 0 Å². The van der Waals surface area contributed by atoms with Crippen molar-refractivity contribution in [3.8, 4) is 17.0 Å². The third-order valence-corrected chi connectivity index (χ3v) is 5.23. The molecule has 2 aromatic heterocycles. The van der Waals surface area contributed by atoms with Crippen molar-refractivity contribution in [2.24, 2.45) is 7.05 Å². The Kier molecular flexibility index (Phi) is 5.03. The zero-order valence-electron chi connectivity index (χ0n) is 16.6. The highest BCUT2D eigenvalue weighted by Crippen LogP contribution is 2.41. The van der Waals surface area contributed by atoms with Gasteiger partial charge in [-0.1, -0.05) is 31.9 Å². The number of hydrogen-bond acceptors (Lipinski definition) is 2. The largest absolute Gasteiger partial charge is 0.487 e. The molecule has 0 spiro atoms. The fourth-order valence-electron chi connectivity index (χ4n) is 3.72. The Balaban J connectivity index is 1.93. The Morgan fingerprint density at radius 2 is 1.79 bits per heavy atom. The third-order valence-electron chi connectivity index (χ3n) is 5.23. The Bertz CT molecular complexity index is 1150. The highest BCUT2D eigenvalue weighted by molar-refractivity contribution is 6.11. The van der Waals surface area contributed by atoms with E-state index in [0.29, 0.717) is 12.2 Å². The van der Waals surface area contributed by atoms with E-state index in [-0.39, 0.29) is 11.6 Å². The fourth-order valence-corrected chi connectivity index (χ4v) is 3.72. The summed E-state index contributed by atoms with van der Waals surface area (Å²) in [6, 6.07) is 13.5. The predicted octanol–water partition coefficient (Wildman–Crippen LogP) is 6.09. The summed E-state index contributed by atoms with van der Waals surface area (Å²) in [5.74, 6) is -0.169. The van der Waals surface area contributed by atoms with Gasteiger partial charge >= 0.3 is 0 Å². The van der Waals surface area contributed by atoms with Crippen LogP contribution in [-0.4, -0.2) is 6.61 Å². The van der Waals surface area contributed by atoms with E-state index < -0.39 is 0 Å². The van der Waals surface area contributed by atoms with Crippen molar-refractivity contribution in [3.05, 3.63) is 60.0 Å². The van der Waals surface area contributed by atoms with Crippen LogP contribution in [0.15, 0.2) is 53.1 Å². The molecule has 0 fully saturated rings. The molecule has 3 nitrogen and oxygen atoms in total. The number of hydrogen-bond donors (Lipinski definition) is 0. The van der Waals surface area contributed by atoms with Gasteiger partial charge in [0.1, 0.15) is 12.6 Å². The first-order chi connectivity index (χ1) is 13.6. The maximum atomic E-state index is 14.5. The van der Waals surface area contributed by atoms with Crippen molar-refractivity contribution >= 4 is 21.9 Å². The fraction of sp³-hybridized carbons (Fsp3) is 0.292. The summed E-state index contributed by atoms with van der Waals surface area (Å²) in [4.78, 5) is 0. The van der Waals surface area contributed by atoms with Crippen LogP contribution in [0.5, 0.6) is 5.75 Å². The van der Waals surface area contributed by atoms with Crippen LogP contribution in [-0.2, 0) is 7.05 Å². The number of unbranched alkanes of at least 4 members (excludes halogenated alkanes) is 2. The number of ether oxygens (including phenoxy) is 1. The number of fused-ring (bicyclic) bond motifs is 3. The molecule has 4 rings (SSSR count). The van der Waals surface area contributed by atoms with Crippen LogP contribution in [0.2, 0.25) is 0 Å². The van der Waals surface area contributed by atoms with Gasteiger partial charge in [0.15, 0.2) is 23.3 Å². The molecule has 2 heterocycles. The minimum atomic E-state index is -0.383. The van der Waals surface area contributed by atoms with Gasteiger partial charge in [-0.3, -0.25) is 0 Å². The van der Waals surface area contributed by atoms with Gasteiger partial charge in [0.2, 0.25) is 5.69 Å². The molecule has 0 saturated heterocycles. The van der Waals surface area contributed by atoms with Crippen molar-refractivity contribution in [1.82, 2.24) is 0 Å². The van der Waals surface area contributed by atoms with Crippen LogP contribution in [0, 0.1) is 12.7 Å². The Labute approximate surface area is 164 Å². The van der Waals surface area contributed by atoms with Crippen LogP contribution in [0.25, 0.3) is 33.2 Å². The molecule has 28 heavy (non-hydrogen) atoms. The minimum Gasteiger partial charge on any atom is -0.487 e. The molecule has 0 unspecified atom stereocenters. The number of rotatable bonds is 6. The minimum absolute atomic E-state index is 0.214. The summed E-state index contributed by atoms with van der Waals surface area (Å²) in [6.07, 6.45) is 5.07. The summed E-state index contributed by atoms with van der Waals surface area (Å²) in [6.45, 7) is 4.69. The van der Waals surface area contributed by atoms with Crippen molar-refractivity contribution < 1.29 is 18.1 Å². The van der Waals surface area contributed by atoms with Gasteiger partial charge in [0.05, 0.1) is 12.2 Å². The molecule has 0 bridgehead atoms. The molecule has 4 heteroatoms. The zero-order chi connectivity index (χ0) is 19.7. The third kappa shape index (κ3) is 3.13. The van der Waals surface area contributed by atoms with Gasteiger partial charge in [-0.05, 0) is 37.1 Å². The van der Waals surface area contributed by atoms with Crippen molar-refractivity contribution in [1.29, 1.82) is 0 Å². The van der Waals surface area contributed by atoms with Crippen LogP contribution < -0.4 is 9.30 Å². The van der Waals surface area contributed by atoms with Crippen LogP contribution >= 0.6 is 0 Å². The lowest BCUT2D eigenvalue weighted by atomic mass is 10.0. The number of furan rings is 1. The van der Waals surface area contributed by atoms with Crippen LogP contribution in [0.4, 0.5) is 4.39 Å². The molecule has 0 radical (unpaired) electrons. The van der Waals surface area contributed by atoms with E-state index >= 15 is 0 Å². The molecule has 4 aromatic rings. The second kappa shape index (κ2) is 7.63. The maximum absolute atomic E-state index is 14.5. The molecule has 0 atom stereocenters. The van der Waals surface area contributed by atoms with E-state index in [4.69, 9.17) is 9.15 Å². The zero-order valence-corrected chi connectivity index (χ0v) is 16.6. The number of pyridine rings is 1. The van der Waals surface area contributed by atoms with Crippen molar-refractivity contribution in [2.75, 3.05) is 6.61 Å². The maximum Gasteiger partial charge on any atom is 0.216 e. The molecule has 0 aliphatic heterocycles. The molecule has 0 aliphatic carbocycles. The number of nitrogens with zero attached hydrogens (tertiary/aromatic N) is 1. The van der Waals surface area contributed by atoms with Crippen LogP contribution in [0.1, 0.15) is 31.7 Å². The van der Waals surface area contributed by atoms with E-state index in [1.54, 1.807) is 6.07 Å². The second-order valence-corrected chi connectivity index (χ2v) is 7.24. The standard InChI is InChI=1S/C24H25FNO2/c1-4-5-8-15-27-24-19(25)13-12-18-17-11-10-16(2)21(22(17)28-23(18)24)20-9-6-7-14-26(20)3/h6-7,9-14H,4-5,8,15H2,1-3H3/q+1. The molecule has 0 saturated carbocycles. The lowest BCUT2D eigenvalue weighted by molar-refractivity contribution is -0.660. The van der Waals surface area contributed by atoms with Crippen molar-refractivity contribution in [3.63, 3.8) is 0 Å². The molecular formula is C24H25FNO2+. The lowest BCUT2D eigenvalue weighted by Crippen LogP contribution is -2.30. The highest BCUT2D eigenvalue weighted by Gasteiger charge is 2.22. The molecule has 0 aliphatic rings. The highest BCUT2D eigenvalue weighted by atomic mass is 19.1. The summed E-state index contributed by atoms with van der Waals surface area (Å²) in [5.41, 5.74) is 4.43. The summed E-state index contributed by atoms with van der Waals surface area (Å²) in [5, 5.41) is 1.85. The molecule has 2 aromatic carbocycles. The quantitative estimate of drug-likeness (QED) is 0.300. The Hall–Kier alpha value is -2.88. The Morgan fingerprint density at radius 1 is 1.00 bits per heavy atom. The van der Waals surface area contributed by atoms with Gasteiger partial charge < -0.3 is 9.15 Å². The topological polar surface area (TPSA) is 26.2 Å². The average Bonchev–Trinajstić information content (AvgIpc) is 3.06. The monoisotopic (exact) mass is 378 g/mol. The molecular weight excluding hydrogens is 353 g/mol. The van der Waals surface area contributed by atoms with E-state index in [1.165, 1.54) is 6.07 Å². The molecule has 144 valence electrons. The summed E-state index contributed by atoms with van der Waals surface area (Å²) in [7, 11) is 2.01. The smallest absolute Gasteiger partial charge is 0.216 e. The SMILES string of the molecule is CCCCCOc1c(F)ccc2c1oc1c(-c3cccc[n+]3C)c(C)ccc12. The first-order valence-corrected chi connectivity index (χ1v) is 9.84. The lowest BCUT2D eigenvalue weighted by Gasteiger charge is -2.07. The van der Waals surface area contributed by atoms with Crippen LogP contribution in [0.3, 0.4) is 0 Å². The van der Waals surface area contributed by atoms with Gasteiger partial charge in [0, 0.05) is 22.9 Å².